The number of aromatic carboxylic acids is 2. The Hall–Kier alpha value is -3.09. The van der Waals surface area contributed by atoms with Crippen molar-refractivity contribution in [2.24, 2.45) is 0 Å². The maximum atomic E-state index is 9.83. The van der Waals surface area contributed by atoms with Crippen LogP contribution in [0.5, 0.6) is 0 Å². The maximum absolute atomic E-state index is 9.83. The Morgan fingerprint density at radius 3 is 1.75 bits per heavy atom. The molecule has 0 aliphatic rings. The molecule has 0 bridgehead atoms. The van der Waals surface area contributed by atoms with Gasteiger partial charge in [-0.1, -0.05) is 10.4 Å². The van der Waals surface area contributed by atoms with Gasteiger partial charge >= 0.3 is 17.1 Å². The van der Waals surface area contributed by atoms with Crippen molar-refractivity contribution in [3.05, 3.63) is 42.2 Å². The zero-order valence-corrected chi connectivity index (χ0v) is 12.9. The van der Waals surface area contributed by atoms with Crippen LogP contribution in [0.2, 0.25) is 0 Å². The van der Waals surface area contributed by atoms with Crippen LogP contribution in [-0.4, -0.2) is 57.6 Å². The largest absolute Gasteiger partial charge is 2.00 e. The number of H-pyrrole nitrogens is 2. The van der Waals surface area contributed by atoms with Crippen LogP contribution < -0.4 is 10.2 Å². The van der Waals surface area contributed by atoms with Crippen LogP contribution in [0.25, 0.3) is 0 Å². The van der Waals surface area contributed by atoms with Crippen LogP contribution in [0.3, 0.4) is 0 Å². The summed E-state index contributed by atoms with van der Waals surface area (Å²) in [7, 11) is 0. The SMILES string of the molecule is O=C([O-])c1c[nH]nn1.O=C([O-])c1c[nH]nn1.OCn1cccn1.[Mn+2]. The minimum absolute atomic E-state index is 0. The maximum Gasteiger partial charge on any atom is 2.00 e. The van der Waals surface area contributed by atoms with Crippen molar-refractivity contribution in [1.29, 1.82) is 0 Å². The molecule has 13 nitrogen and oxygen atoms in total. The Labute approximate surface area is 144 Å². The predicted octanol–water partition coefficient (Wildman–Crippen LogP) is -3.83. The molecule has 0 saturated heterocycles. The van der Waals surface area contributed by atoms with Gasteiger partial charge in [-0.05, 0) is 6.07 Å². The zero-order chi connectivity index (χ0) is 17.1. The van der Waals surface area contributed by atoms with E-state index in [-0.39, 0.29) is 35.2 Å². The number of carboxylic acid groups (broad SMARTS) is 2. The molecule has 0 spiro atoms. The van der Waals surface area contributed by atoms with E-state index in [0.29, 0.717) is 0 Å². The minimum atomic E-state index is -1.32. The number of aliphatic hydroxyl groups excluding tert-OH is 1. The molecule has 24 heavy (non-hydrogen) atoms. The Morgan fingerprint density at radius 2 is 1.58 bits per heavy atom. The Kier molecular flexibility index (Phi) is 10.00. The van der Waals surface area contributed by atoms with E-state index in [1.165, 1.54) is 4.68 Å². The molecule has 1 radical (unpaired) electrons. The number of carbonyl (C=O) groups is 2. The van der Waals surface area contributed by atoms with Gasteiger partial charge in [-0.3, -0.25) is 10.2 Å². The van der Waals surface area contributed by atoms with Gasteiger partial charge in [-0.2, -0.15) is 5.10 Å². The smallest absolute Gasteiger partial charge is 0.543 e. The summed E-state index contributed by atoms with van der Waals surface area (Å²) in [5, 5.41) is 48.7. The van der Waals surface area contributed by atoms with Crippen molar-refractivity contribution in [1.82, 2.24) is 40.6 Å². The Bertz CT molecular complexity index is 641. The minimum Gasteiger partial charge on any atom is -0.543 e. The molecule has 0 aliphatic heterocycles. The standard InChI is InChI=1S/C4H6N2O.2C3H3N3O2.Mn/c7-4-6-3-1-2-5-6;2*7-3(8)2-1-4-6-5-2;/h1-3,7H,4H2;2*1H,(H,7,8)(H,4,5,6);/q;;;+2/p-2. The summed E-state index contributed by atoms with van der Waals surface area (Å²) in [5.41, 5.74) is -0.352. The second-order valence-electron chi connectivity index (χ2n) is 3.48. The van der Waals surface area contributed by atoms with Crippen molar-refractivity contribution in [2.45, 2.75) is 6.73 Å². The first-order chi connectivity index (χ1) is 11.0. The molecule has 3 aromatic rings. The molecular weight excluding hydrogens is 367 g/mol. The van der Waals surface area contributed by atoms with Gasteiger partial charge < -0.3 is 24.9 Å². The Balaban J connectivity index is 0.000000325. The van der Waals surface area contributed by atoms with E-state index in [2.05, 4.69) is 35.9 Å². The molecule has 3 N–H and O–H groups in total. The number of hydrogen-bond donors (Lipinski definition) is 3. The fourth-order valence-corrected chi connectivity index (χ4v) is 0.987. The third-order valence-corrected chi connectivity index (χ3v) is 1.96. The summed E-state index contributed by atoms with van der Waals surface area (Å²) in [4.78, 5) is 19.7. The van der Waals surface area contributed by atoms with Crippen LogP contribution in [-0.2, 0) is 23.8 Å². The summed E-state index contributed by atoms with van der Waals surface area (Å²) in [6, 6.07) is 1.76. The summed E-state index contributed by atoms with van der Waals surface area (Å²) in [6.45, 7) is -0.0347. The van der Waals surface area contributed by atoms with Gasteiger partial charge in [0, 0.05) is 12.4 Å². The summed E-state index contributed by atoms with van der Waals surface area (Å²) < 4.78 is 1.43. The molecule has 3 aromatic heterocycles. The number of hydrogen-bond acceptors (Lipinski definition) is 10. The molecule has 0 saturated carbocycles. The number of nitrogens with one attached hydrogen (secondary N) is 2. The van der Waals surface area contributed by atoms with Gasteiger partial charge in [-0.15, -0.1) is 10.2 Å². The molecule has 127 valence electrons. The van der Waals surface area contributed by atoms with E-state index in [0.717, 1.165) is 12.4 Å². The molecule has 0 unspecified atom stereocenters. The van der Waals surface area contributed by atoms with Crippen LogP contribution in [0.4, 0.5) is 0 Å². The first kappa shape index (κ1) is 20.9. The number of aromatic amines is 2. The number of carbonyl (C=O) groups excluding carboxylic acids is 2. The summed E-state index contributed by atoms with van der Waals surface area (Å²) in [5.74, 6) is -2.64. The molecule has 3 rings (SSSR count). The predicted molar refractivity (Wildman–Crippen MR) is 65.9 cm³/mol. The number of carboxylic acids is 2. The van der Waals surface area contributed by atoms with Crippen LogP contribution >= 0.6 is 0 Å². The molecular formula is C10H10MnN8O5. The first-order valence-electron chi connectivity index (χ1n) is 5.78. The fourth-order valence-electron chi connectivity index (χ4n) is 0.987. The number of nitrogens with zero attached hydrogens (tertiary/aromatic N) is 6. The average molecular weight is 377 g/mol. The molecule has 0 aromatic carbocycles. The second-order valence-corrected chi connectivity index (χ2v) is 3.48. The quantitative estimate of drug-likeness (QED) is 0.379. The second kappa shape index (κ2) is 11.5. The van der Waals surface area contributed by atoms with Crippen LogP contribution in [0, 0.1) is 0 Å². The number of aliphatic hydroxyl groups is 1. The monoisotopic (exact) mass is 377 g/mol. The van der Waals surface area contributed by atoms with E-state index in [1.54, 1.807) is 18.5 Å². The first-order valence-corrected chi connectivity index (χ1v) is 5.78. The molecule has 3 heterocycles. The normalized spacial score (nSPS) is 8.71. The number of aromatic nitrogens is 8. The average Bonchev–Trinajstić information content (AvgIpc) is 3.30. The number of rotatable bonds is 3. The van der Waals surface area contributed by atoms with Gasteiger partial charge in [0.25, 0.3) is 0 Å². The zero-order valence-electron chi connectivity index (χ0n) is 11.7. The van der Waals surface area contributed by atoms with Crippen molar-refractivity contribution in [3.8, 4) is 0 Å². The van der Waals surface area contributed by atoms with Crippen molar-refractivity contribution >= 4 is 11.9 Å². The van der Waals surface area contributed by atoms with Gasteiger partial charge in [0.2, 0.25) is 0 Å². The third kappa shape index (κ3) is 7.79. The molecule has 0 aliphatic carbocycles. The summed E-state index contributed by atoms with van der Waals surface area (Å²) >= 11 is 0. The van der Waals surface area contributed by atoms with E-state index >= 15 is 0 Å². The summed E-state index contributed by atoms with van der Waals surface area (Å²) in [6.07, 6.45) is 5.61. The van der Waals surface area contributed by atoms with E-state index in [4.69, 9.17) is 5.11 Å². The topological polar surface area (TPSA) is 201 Å². The molecule has 0 atom stereocenters. The molecule has 14 heteroatoms. The van der Waals surface area contributed by atoms with Gasteiger partial charge in [0.1, 0.15) is 18.1 Å². The van der Waals surface area contributed by atoms with Gasteiger partial charge in [0.05, 0.1) is 24.3 Å². The van der Waals surface area contributed by atoms with Crippen LogP contribution in [0.15, 0.2) is 30.9 Å². The third-order valence-electron chi connectivity index (χ3n) is 1.96. The fraction of sp³-hybridized carbons (Fsp3) is 0.100. The van der Waals surface area contributed by atoms with Gasteiger partial charge in [-0.25, -0.2) is 4.68 Å². The Morgan fingerprint density at radius 1 is 1.08 bits per heavy atom. The van der Waals surface area contributed by atoms with E-state index in [9.17, 15) is 19.8 Å². The molecule has 0 amide bonds. The molecule has 0 fully saturated rings. The van der Waals surface area contributed by atoms with Gasteiger partial charge in [0.15, 0.2) is 0 Å². The van der Waals surface area contributed by atoms with Crippen molar-refractivity contribution in [2.75, 3.05) is 0 Å². The van der Waals surface area contributed by atoms with Crippen LogP contribution in [0.1, 0.15) is 21.0 Å². The van der Waals surface area contributed by atoms with Crippen molar-refractivity contribution < 1.29 is 42.0 Å². The van der Waals surface area contributed by atoms with Crippen molar-refractivity contribution in [3.63, 3.8) is 0 Å². The van der Waals surface area contributed by atoms with E-state index in [1.807, 2.05) is 0 Å². The van der Waals surface area contributed by atoms with E-state index < -0.39 is 11.9 Å².